The van der Waals surface area contributed by atoms with Crippen molar-refractivity contribution in [3.05, 3.63) is 35.4 Å². The highest BCUT2D eigenvalue weighted by atomic mass is 16.4. The molecule has 1 aromatic carbocycles. The molecule has 19 heavy (non-hydrogen) atoms. The zero-order valence-corrected chi connectivity index (χ0v) is 11.3. The molecule has 0 atom stereocenters. The van der Waals surface area contributed by atoms with Crippen molar-refractivity contribution >= 4 is 5.97 Å². The molecule has 0 aliphatic heterocycles. The van der Waals surface area contributed by atoms with E-state index in [-0.39, 0.29) is 6.42 Å². The molecule has 0 radical (unpaired) electrons. The summed E-state index contributed by atoms with van der Waals surface area (Å²) in [5.41, 5.74) is 1.82. The van der Waals surface area contributed by atoms with E-state index in [1.54, 1.807) is 6.07 Å². The van der Waals surface area contributed by atoms with Gasteiger partial charge in [-0.3, -0.25) is 4.79 Å². The van der Waals surface area contributed by atoms with Crippen molar-refractivity contribution in [3.8, 4) is 6.07 Å². The normalized spacial score (nSPS) is 10.4. The summed E-state index contributed by atoms with van der Waals surface area (Å²) in [6.07, 6.45) is 2.94. The van der Waals surface area contributed by atoms with Crippen LogP contribution in [0.3, 0.4) is 0 Å². The summed E-state index contributed by atoms with van der Waals surface area (Å²) in [5, 5.41) is 17.4. The molecule has 0 fully saturated rings. The topological polar surface area (TPSA) is 64.3 Å². The van der Waals surface area contributed by atoms with Crippen LogP contribution in [0, 0.1) is 11.3 Å². The van der Waals surface area contributed by atoms with Gasteiger partial charge in [0, 0.05) is 13.0 Å². The average Bonchev–Trinajstić information content (AvgIpc) is 2.38. The molecule has 102 valence electrons. The lowest BCUT2D eigenvalue weighted by atomic mass is 10.1. The van der Waals surface area contributed by atoms with Crippen LogP contribution < -0.4 is 0 Å². The van der Waals surface area contributed by atoms with E-state index in [0.29, 0.717) is 5.56 Å². The third kappa shape index (κ3) is 6.58. The second kappa shape index (κ2) is 8.28. The third-order valence-electron chi connectivity index (χ3n) is 2.94. The highest BCUT2D eigenvalue weighted by molar-refractivity contribution is 5.66. The first-order chi connectivity index (χ1) is 9.11. The van der Waals surface area contributed by atoms with Crippen molar-refractivity contribution in [1.29, 1.82) is 5.26 Å². The van der Waals surface area contributed by atoms with Crippen molar-refractivity contribution in [1.82, 2.24) is 4.90 Å². The molecule has 4 heteroatoms. The molecular formula is C15H20N2O2. The summed E-state index contributed by atoms with van der Waals surface area (Å²) in [5.74, 6) is -0.721. The summed E-state index contributed by atoms with van der Waals surface area (Å²) in [6, 6.07) is 9.75. The second-order valence-electron chi connectivity index (χ2n) is 4.75. The van der Waals surface area contributed by atoms with Crippen LogP contribution in [0.5, 0.6) is 0 Å². The van der Waals surface area contributed by atoms with Crippen LogP contribution in [0.2, 0.25) is 0 Å². The maximum Gasteiger partial charge on any atom is 0.303 e. The Hall–Kier alpha value is -1.86. The molecule has 1 aromatic rings. The van der Waals surface area contributed by atoms with Gasteiger partial charge in [-0.2, -0.15) is 5.26 Å². The molecule has 0 bridgehead atoms. The number of unbranched alkanes of at least 4 members (excludes halogenated alkanes) is 2. The van der Waals surface area contributed by atoms with Gasteiger partial charge in [0.05, 0.1) is 11.6 Å². The molecular weight excluding hydrogens is 240 g/mol. The van der Waals surface area contributed by atoms with Crippen LogP contribution in [0.15, 0.2) is 24.3 Å². The fourth-order valence-electron chi connectivity index (χ4n) is 1.96. The van der Waals surface area contributed by atoms with Crippen molar-refractivity contribution in [2.45, 2.75) is 32.2 Å². The molecule has 0 unspecified atom stereocenters. The van der Waals surface area contributed by atoms with Gasteiger partial charge in [0.2, 0.25) is 0 Å². The Morgan fingerprint density at radius 1 is 1.37 bits per heavy atom. The molecule has 0 saturated carbocycles. The number of carboxylic acid groups (broad SMARTS) is 1. The first-order valence-electron chi connectivity index (χ1n) is 6.51. The number of benzene rings is 1. The second-order valence-corrected chi connectivity index (χ2v) is 4.75. The lowest BCUT2D eigenvalue weighted by Crippen LogP contribution is -2.19. The van der Waals surface area contributed by atoms with Gasteiger partial charge in [-0.1, -0.05) is 18.6 Å². The highest BCUT2D eigenvalue weighted by Gasteiger charge is 2.02. The van der Waals surface area contributed by atoms with Gasteiger partial charge in [-0.05, 0) is 44.1 Å². The molecule has 1 rings (SSSR count). The van der Waals surface area contributed by atoms with E-state index in [2.05, 4.69) is 11.0 Å². The number of hydrogen-bond acceptors (Lipinski definition) is 3. The van der Waals surface area contributed by atoms with Crippen molar-refractivity contribution in [2.24, 2.45) is 0 Å². The van der Waals surface area contributed by atoms with Gasteiger partial charge in [0.1, 0.15) is 0 Å². The van der Waals surface area contributed by atoms with Gasteiger partial charge in [0.15, 0.2) is 0 Å². The Morgan fingerprint density at radius 3 is 2.84 bits per heavy atom. The summed E-state index contributed by atoms with van der Waals surface area (Å²) in [6.45, 7) is 1.75. The zero-order chi connectivity index (χ0) is 14.1. The average molecular weight is 260 g/mol. The van der Waals surface area contributed by atoms with Crippen LogP contribution in [0.25, 0.3) is 0 Å². The Labute approximate surface area is 114 Å². The Morgan fingerprint density at radius 2 is 2.16 bits per heavy atom. The number of rotatable bonds is 8. The monoisotopic (exact) mass is 260 g/mol. The number of carboxylic acids is 1. The first kappa shape index (κ1) is 15.2. The van der Waals surface area contributed by atoms with E-state index < -0.39 is 5.97 Å². The number of nitriles is 1. The lowest BCUT2D eigenvalue weighted by Gasteiger charge is -2.16. The predicted octanol–water partition coefficient (Wildman–Crippen LogP) is 2.64. The smallest absolute Gasteiger partial charge is 0.303 e. The maximum absolute atomic E-state index is 10.4. The fourth-order valence-corrected chi connectivity index (χ4v) is 1.96. The highest BCUT2D eigenvalue weighted by Crippen LogP contribution is 2.08. The predicted molar refractivity (Wildman–Crippen MR) is 73.6 cm³/mol. The SMILES string of the molecule is CN(CCCCCC(=O)O)Cc1cccc(C#N)c1. The maximum atomic E-state index is 10.4. The van der Waals surface area contributed by atoms with Crippen LogP contribution in [-0.4, -0.2) is 29.6 Å². The molecule has 4 nitrogen and oxygen atoms in total. The quantitative estimate of drug-likeness (QED) is 0.730. The minimum Gasteiger partial charge on any atom is -0.481 e. The van der Waals surface area contributed by atoms with Gasteiger partial charge in [-0.25, -0.2) is 0 Å². The van der Waals surface area contributed by atoms with Crippen LogP contribution >= 0.6 is 0 Å². The third-order valence-corrected chi connectivity index (χ3v) is 2.94. The van der Waals surface area contributed by atoms with E-state index in [1.165, 1.54) is 0 Å². The van der Waals surface area contributed by atoms with Gasteiger partial charge >= 0.3 is 5.97 Å². The first-order valence-corrected chi connectivity index (χ1v) is 6.51. The van der Waals surface area contributed by atoms with E-state index >= 15 is 0 Å². The number of nitrogens with zero attached hydrogens (tertiary/aromatic N) is 2. The van der Waals surface area contributed by atoms with Crippen LogP contribution in [0.1, 0.15) is 36.8 Å². The minimum absolute atomic E-state index is 0.258. The Balaban J connectivity index is 2.25. The molecule has 0 spiro atoms. The fraction of sp³-hybridized carbons (Fsp3) is 0.467. The van der Waals surface area contributed by atoms with Gasteiger partial charge in [-0.15, -0.1) is 0 Å². The summed E-state index contributed by atoms with van der Waals surface area (Å²) in [4.78, 5) is 12.6. The lowest BCUT2D eigenvalue weighted by molar-refractivity contribution is -0.137. The van der Waals surface area contributed by atoms with Crippen LogP contribution in [-0.2, 0) is 11.3 Å². The van der Waals surface area contributed by atoms with Gasteiger partial charge in [0.25, 0.3) is 0 Å². The van der Waals surface area contributed by atoms with E-state index in [9.17, 15) is 4.79 Å². The number of carbonyl (C=O) groups is 1. The summed E-state index contributed by atoms with van der Waals surface area (Å²) < 4.78 is 0. The largest absolute Gasteiger partial charge is 0.481 e. The molecule has 0 heterocycles. The Bertz CT molecular complexity index is 452. The van der Waals surface area contributed by atoms with E-state index in [0.717, 1.165) is 37.9 Å². The molecule has 0 amide bonds. The summed E-state index contributed by atoms with van der Waals surface area (Å²) in [7, 11) is 2.04. The molecule has 0 aromatic heterocycles. The minimum atomic E-state index is -0.721. The van der Waals surface area contributed by atoms with Crippen molar-refractivity contribution in [2.75, 3.05) is 13.6 Å². The summed E-state index contributed by atoms with van der Waals surface area (Å²) >= 11 is 0. The van der Waals surface area contributed by atoms with Crippen molar-refractivity contribution < 1.29 is 9.90 Å². The standard InChI is InChI=1S/C15H20N2O2/c1-17(9-4-2-3-8-15(18)19)12-14-7-5-6-13(10-14)11-16/h5-7,10H,2-4,8-9,12H2,1H3,(H,18,19). The zero-order valence-electron chi connectivity index (χ0n) is 11.3. The van der Waals surface area contributed by atoms with Crippen LogP contribution in [0.4, 0.5) is 0 Å². The van der Waals surface area contributed by atoms with E-state index in [1.807, 2.05) is 25.2 Å². The number of hydrogen-bond donors (Lipinski definition) is 1. The molecule has 1 N–H and O–H groups in total. The Kier molecular flexibility index (Phi) is 6.62. The molecule has 0 aliphatic rings. The van der Waals surface area contributed by atoms with E-state index in [4.69, 9.17) is 10.4 Å². The molecule has 0 saturated heterocycles. The van der Waals surface area contributed by atoms with Crippen molar-refractivity contribution in [3.63, 3.8) is 0 Å². The van der Waals surface area contributed by atoms with Gasteiger partial charge < -0.3 is 10.0 Å². The number of aliphatic carboxylic acids is 1. The molecule has 0 aliphatic carbocycles.